The van der Waals surface area contributed by atoms with Crippen LogP contribution in [0.15, 0.2) is 12.1 Å². The van der Waals surface area contributed by atoms with E-state index < -0.39 is 5.60 Å². The number of ether oxygens (including phenoxy) is 3. The molecule has 0 aliphatic carbocycles. The number of carbonyl (C=O) groups is 2. The Kier molecular flexibility index (Phi) is 5.39. The number of rotatable bonds is 5. The van der Waals surface area contributed by atoms with Crippen molar-refractivity contribution in [3.8, 4) is 17.2 Å². The van der Waals surface area contributed by atoms with Crippen LogP contribution in [0.4, 0.5) is 0 Å². The fourth-order valence-corrected chi connectivity index (χ4v) is 3.79. The first-order valence-electron chi connectivity index (χ1n) is 9.28. The number of benzene rings is 1. The molecule has 2 heterocycles. The molecule has 0 radical (unpaired) electrons. The Morgan fingerprint density at radius 1 is 1.23 bits per heavy atom. The van der Waals surface area contributed by atoms with Gasteiger partial charge in [-0.1, -0.05) is 13.3 Å². The van der Waals surface area contributed by atoms with E-state index >= 15 is 0 Å². The van der Waals surface area contributed by atoms with Crippen LogP contribution in [0.25, 0.3) is 0 Å². The number of likely N-dealkylation sites (tertiary alicyclic amines) is 1. The fraction of sp³-hybridized carbons (Fsp3) is 0.600. The summed E-state index contributed by atoms with van der Waals surface area (Å²) < 4.78 is 17.1. The predicted octanol–water partition coefficient (Wildman–Crippen LogP) is 3.22. The summed E-state index contributed by atoms with van der Waals surface area (Å²) in [5.41, 5.74) is -0.0274. The quantitative estimate of drug-likeness (QED) is 0.806. The average molecular weight is 361 g/mol. The molecule has 0 atom stereocenters. The minimum absolute atomic E-state index is 0.0537. The van der Waals surface area contributed by atoms with Gasteiger partial charge in [0.15, 0.2) is 17.3 Å². The minimum Gasteiger partial charge on any atom is -0.493 e. The Morgan fingerprint density at radius 3 is 2.58 bits per heavy atom. The lowest BCUT2D eigenvalue weighted by molar-refractivity contribution is -0.134. The van der Waals surface area contributed by atoms with Crippen LogP contribution < -0.4 is 14.2 Å². The Morgan fingerprint density at radius 2 is 1.96 bits per heavy atom. The number of piperidine rings is 1. The molecule has 6 nitrogen and oxygen atoms in total. The number of hydrogen-bond acceptors (Lipinski definition) is 5. The monoisotopic (exact) mass is 361 g/mol. The minimum atomic E-state index is -0.564. The van der Waals surface area contributed by atoms with Crippen molar-refractivity contribution >= 4 is 11.7 Å². The maximum Gasteiger partial charge on any atom is 0.222 e. The molecule has 2 aliphatic rings. The molecular weight excluding hydrogens is 334 g/mol. The van der Waals surface area contributed by atoms with Crippen LogP contribution in [0.3, 0.4) is 0 Å². The van der Waals surface area contributed by atoms with Gasteiger partial charge in [-0.2, -0.15) is 0 Å². The molecule has 1 spiro atoms. The second kappa shape index (κ2) is 7.56. The first-order chi connectivity index (χ1) is 12.5. The number of fused-ring (bicyclic) bond motifs is 1. The first kappa shape index (κ1) is 18.5. The van der Waals surface area contributed by atoms with Gasteiger partial charge in [0.1, 0.15) is 5.60 Å². The summed E-state index contributed by atoms with van der Waals surface area (Å²) in [5.74, 6) is 1.72. The van der Waals surface area contributed by atoms with E-state index in [2.05, 4.69) is 6.92 Å². The summed E-state index contributed by atoms with van der Waals surface area (Å²) in [5, 5.41) is 0. The van der Waals surface area contributed by atoms with Gasteiger partial charge in [-0.05, 0) is 18.6 Å². The zero-order chi connectivity index (χ0) is 18.7. The highest BCUT2D eigenvalue weighted by atomic mass is 16.5. The van der Waals surface area contributed by atoms with Crippen molar-refractivity contribution in [1.29, 1.82) is 0 Å². The molecule has 26 heavy (non-hydrogen) atoms. The van der Waals surface area contributed by atoms with E-state index in [1.165, 1.54) is 0 Å². The van der Waals surface area contributed by atoms with Crippen molar-refractivity contribution in [2.75, 3.05) is 27.3 Å². The van der Waals surface area contributed by atoms with Crippen molar-refractivity contribution in [2.45, 2.75) is 51.0 Å². The molecule has 1 aromatic rings. The molecule has 3 rings (SSSR count). The van der Waals surface area contributed by atoms with Gasteiger partial charge < -0.3 is 19.1 Å². The van der Waals surface area contributed by atoms with Crippen LogP contribution in [-0.4, -0.2) is 49.5 Å². The highest BCUT2D eigenvalue weighted by molar-refractivity contribution is 6.01. The van der Waals surface area contributed by atoms with E-state index in [4.69, 9.17) is 14.2 Å². The van der Waals surface area contributed by atoms with Crippen LogP contribution in [-0.2, 0) is 4.79 Å². The summed E-state index contributed by atoms with van der Waals surface area (Å²) in [6.07, 6.45) is 4.16. The molecule has 6 heteroatoms. The second-order valence-electron chi connectivity index (χ2n) is 7.05. The van der Waals surface area contributed by atoms with E-state index in [0.29, 0.717) is 61.6 Å². The van der Waals surface area contributed by atoms with Crippen molar-refractivity contribution in [1.82, 2.24) is 4.90 Å². The van der Waals surface area contributed by atoms with Gasteiger partial charge in [0.05, 0.1) is 26.2 Å². The normalized spacial score (nSPS) is 18.3. The largest absolute Gasteiger partial charge is 0.493 e. The summed E-state index contributed by atoms with van der Waals surface area (Å²) in [6, 6.07) is 3.46. The standard InChI is InChI=1S/C20H27NO5/c1-4-5-6-17(23)21-11-9-20(10-12-21)13-15(22)14-7-8-16(24-2)19(25-3)18(14)26-20/h7-8H,4-6,9-13H2,1-3H3. The Labute approximate surface area is 154 Å². The smallest absolute Gasteiger partial charge is 0.222 e. The maximum absolute atomic E-state index is 12.7. The number of carbonyl (C=O) groups excluding carboxylic acids is 2. The van der Waals surface area contributed by atoms with E-state index in [1.54, 1.807) is 26.4 Å². The van der Waals surface area contributed by atoms with Gasteiger partial charge in [0.2, 0.25) is 11.7 Å². The van der Waals surface area contributed by atoms with Gasteiger partial charge in [0, 0.05) is 32.4 Å². The van der Waals surface area contributed by atoms with Crippen LogP contribution in [0.5, 0.6) is 17.2 Å². The summed E-state index contributed by atoms with van der Waals surface area (Å²) in [6.45, 7) is 3.33. The third kappa shape index (κ3) is 3.37. The third-order valence-corrected chi connectivity index (χ3v) is 5.37. The van der Waals surface area contributed by atoms with Gasteiger partial charge in [0.25, 0.3) is 0 Å². The number of ketones is 1. The Bertz CT molecular complexity index is 692. The number of Topliss-reactive ketones (excluding diaryl/α,β-unsaturated/α-hetero) is 1. The zero-order valence-corrected chi connectivity index (χ0v) is 15.8. The van der Waals surface area contributed by atoms with Crippen molar-refractivity contribution in [3.63, 3.8) is 0 Å². The van der Waals surface area contributed by atoms with Gasteiger partial charge in [-0.15, -0.1) is 0 Å². The molecule has 1 aromatic carbocycles. The van der Waals surface area contributed by atoms with E-state index in [0.717, 1.165) is 12.8 Å². The van der Waals surface area contributed by atoms with Crippen LogP contribution in [0.1, 0.15) is 55.8 Å². The van der Waals surface area contributed by atoms with Gasteiger partial charge in [-0.3, -0.25) is 9.59 Å². The number of amides is 1. The number of hydrogen-bond donors (Lipinski definition) is 0. The van der Waals surface area contributed by atoms with Crippen LogP contribution >= 0.6 is 0 Å². The molecule has 2 aliphatic heterocycles. The van der Waals surface area contributed by atoms with Gasteiger partial charge >= 0.3 is 0 Å². The molecule has 1 amide bonds. The van der Waals surface area contributed by atoms with Crippen molar-refractivity contribution in [2.24, 2.45) is 0 Å². The van der Waals surface area contributed by atoms with E-state index in [-0.39, 0.29) is 11.7 Å². The number of unbranched alkanes of at least 4 members (excludes halogenated alkanes) is 1. The van der Waals surface area contributed by atoms with Crippen molar-refractivity contribution in [3.05, 3.63) is 17.7 Å². The number of nitrogens with zero attached hydrogens (tertiary/aromatic N) is 1. The average Bonchev–Trinajstić information content (AvgIpc) is 2.65. The summed E-state index contributed by atoms with van der Waals surface area (Å²) in [7, 11) is 3.10. The van der Waals surface area contributed by atoms with Gasteiger partial charge in [-0.25, -0.2) is 0 Å². The molecule has 0 aromatic heterocycles. The predicted molar refractivity (Wildman–Crippen MR) is 97.2 cm³/mol. The zero-order valence-electron chi connectivity index (χ0n) is 15.8. The fourth-order valence-electron chi connectivity index (χ4n) is 3.79. The summed E-state index contributed by atoms with van der Waals surface area (Å²) in [4.78, 5) is 26.9. The lowest BCUT2D eigenvalue weighted by atomic mass is 9.82. The summed E-state index contributed by atoms with van der Waals surface area (Å²) >= 11 is 0. The lowest BCUT2D eigenvalue weighted by Crippen LogP contribution is -2.52. The molecule has 0 N–H and O–H groups in total. The third-order valence-electron chi connectivity index (χ3n) is 5.37. The molecule has 0 bridgehead atoms. The van der Waals surface area contributed by atoms with Crippen LogP contribution in [0.2, 0.25) is 0 Å². The van der Waals surface area contributed by atoms with Crippen molar-refractivity contribution < 1.29 is 23.8 Å². The lowest BCUT2D eigenvalue weighted by Gasteiger charge is -2.44. The first-order valence-corrected chi connectivity index (χ1v) is 9.28. The SMILES string of the molecule is CCCCC(=O)N1CCC2(CC1)CC(=O)c1ccc(OC)c(OC)c1O2. The molecule has 0 saturated carbocycles. The highest BCUT2D eigenvalue weighted by Crippen LogP contribution is 2.47. The highest BCUT2D eigenvalue weighted by Gasteiger charge is 2.45. The number of methoxy groups -OCH3 is 2. The topological polar surface area (TPSA) is 65.1 Å². The molecule has 1 saturated heterocycles. The van der Waals surface area contributed by atoms with E-state index in [1.807, 2.05) is 4.90 Å². The molecule has 142 valence electrons. The molecular formula is C20H27NO5. The Hall–Kier alpha value is -2.24. The molecule has 0 unspecified atom stereocenters. The maximum atomic E-state index is 12.7. The second-order valence-corrected chi connectivity index (χ2v) is 7.05. The Balaban J connectivity index is 1.79. The van der Waals surface area contributed by atoms with Crippen LogP contribution in [0, 0.1) is 0 Å². The molecule has 1 fully saturated rings. The van der Waals surface area contributed by atoms with E-state index in [9.17, 15) is 9.59 Å².